The summed E-state index contributed by atoms with van der Waals surface area (Å²) < 4.78 is 0. The zero-order chi connectivity index (χ0) is 15.9. The number of anilines is 1. The standard InChI is InChI=1S/C17H17ClN2O2/c1-12-5-7-13(8-6-12)16(21)9-10-19-17(22)20-15-4-2-3-14(18)11-15/h2-8,11H,9-10H2,1H3,(H2,19,20,22). The molecule has 0 aliphatic rings. The van der Waals surface area contributed by atoms with Crippen molar-refractivity contribution in [1.29, 1.82) is 0 Å². The highest BCUT2D eigenvalue weighted by Gasteiger charge is 2.07. The van der Waals surface area contributed by atoms with Crippen LogP contribution in [0.2, 0.25) is 5.02 Å². The number of aryl methyl sites for hydroxylation is 1. The number of rotatable bonds is 5. The van der Waals surface area contributed by atoms with Crippen LogP contribution in [0.3, 0.4) is 0 Å². The van der Waals surface area contributed by atoms with Crippen molar-refractivity contribution in [2.24, 2.45) is 0 Å². The van der Waals surface area contributed by atoms with E-state index in [9.17, 15) is 9.59 Å². The number of Topliss-reactive ketones (excluding diaryl/α,β-unsaturated/α-hetero) is 1. The number of hydrogen-bond acceptors (Lipinski definition) is 2. The van der Waals surface area contributed by atoms with Crippen molar-refractivity contribution < 1.29 is 9.59 Å². The number of ketones is 1. The highest BCUT2D eigenvalue weighted by Crippen LogP contribution is 2.14. The third kappa shape index (κ3) is 4.90. The Balaban J connectivity index is 1.77. The normalized spacial score (nSPS) is 10.1. The predicted octanol–water partition coefficient (Wildman–Crippen LogP) is 4.04. The number of halogens is 1. The molecule has 22 heavy (non-hydrogen) atoms. The highest BCUT2D eigenvalue weighted by molar-refractivity contribution is 6.30. The molecule has 2 rings (SSSR count). The SMILES string of the molecule is Cc1ccc(C(=O)CCNC(=O)Nc2cccc(Cl)c2)cc1. The lowest BCUT2D eigenvalue weighted by molar-refractivity contribution is 0.0984. The second kappa shape index (κ2) is 7.61. The largest absolute Gasteiger partial charge is 0.337 e. The first kappa shape index (κ1) is 16.0. The molecule has 5 heteroatoms. The van der Waals surface area contributed by atoms with Gasteiger partial charge in [0.15, 0.2) is 5.78 Å². The fourth-order valence-corrected chi connectivity index (χ4v) is 2.11. The van der Waals surface area contributed by atoms with Crippen molar-refractivity contribution >= 4 is 29.1 Å². The van der Waals surface area contributed by atoms with Crippen molar-refractivity contribution in [2.45, 2.75) is 13.3 Å². The smallest absolute Gasteiger partial charge is 0.319 e. The summed E-state index contributed by atoms with van der Waals surface area (Å²) in [5, 5.41) is 5.86. The summed E-state index contributed by atoms with van der Waals surface area (Å²) in [7, 11) is 0. The van der Waals surface area contributed by atoms with Crippen molar-refractivity contribution in [3.8, 4) is 0 Å². The molecule has 2 amide bonds. The first-order chi connectivity index (χ1) is 10.5. The molecule has 0 radical (unpaired) electrons. The highest BCUT2D eigenvalue weighted by atomic mass is 35.5. The van der Waals surface area contributed by atoms with Gasteiger partial charge in [-0.1, -0.05) is 47.5 Å². The molecule has 0 fully saturated rings. The fraction of sp³-hybridized carbons (Fsp3) is 0.176. The van der Waals surface area contributed by atoms with E-state index < -0.39 is 0 Å². The van der Waals surface area contributed by atoms with E-state index in [0.29, 0.717) is 16.3 Å². The van der Waals surface area contributed by atoms with Crippen molar-refractivity contribution in [1.82, 2.24) is 5.32 Å². The van der Waals surface area contributed by atoms with Gasteiger partial charge < -0.3 is 10.6 Å². The molecule has 0 heterocycles. The van der Waals surface area contributed by atoms with Crippen LogP contribution < -0.4 is 10.6 Å². The topological polar surface area (TPSA) is 58.2 Å². The van der Waals surface area contributed by atoms with Crippen LogP contribution in [0, 0.1) is 6.92 Å². The van der Waals surface area contributed by atoms with E-state index >= 15 is 0 Å². The maximum absolute atomic E-state index is 12.0. The Hall–Kier alpha value is -2.33. The van der Waals surface area contributed by atoms with Crippen LogP contribution >= 0.6 is 11.6 Å². The molecule has 0 spiro atoms. The number of urea groups is 1. The number of amides is 2. The van der Waals surface area contributed by atoms with Gasteiger partial charge in [0, 0.05) is 29.2 Å². The van der Waals surface area contributed by atoms with Gasteiger partial charge in [0.2, 0.25) is 0 Å². The van der Waals surface area contributed by atoms with Crippen LogP contribution in [0.4, 0.5) is 10.5 Å². The molecule has 0 aromatic heterocycles. The summed E-state index contributed by atoms with van der Waals surface area (Å²) in [6, 6.07) is 13.9. The quantitative estimate of drug-likeness (QED) is 0.818. The lowest BCUT2D eigenvalue weighted by Gasteiger charge is -2.07. The van der Waals surface area contributed by atoms with Crippen LogP contribution in [0.5, 0.6) is 0 Å². The van der Waals surface area contributed by atoms with Crippen LogP contribution in [-0.2, 0) is 0 Å². The third-order valence-corrected chi connectivity index (χ3v) is 3.33. The van der Waals surface area contributed by atoms with E-state index in [1.807, 2.05) is 19.1 Å². The number of carbonyl (C=O) groups excluding carboxylic acids is 2. The Kier molecular flexibility index (Phi) is 5.55. The van der Waals surface area contributed by atoms with Gasteiger partial charge in [0.05, 0.1) is 0 Å². The lowest BCUT2D eigenvalue weighted by atomic mass is 10.1. The van der Waals surface area contributed by atoms with Crippen LogP contribution in [0.1, 0.15) is 22.3 Å². The molecule has 0 saturated heterocycles. The van der Waals surface area contributed by atoms with Crippen molar-refractivity contribution in [2.75, 3.05) is 11.9 Å². The summed E-state index contributed by atoms with van der Waals surface area (Å²) in [4.78, 5) is 23.7. The van der Waals surface area contributed by atoms with Gasteiger partial charge in [-0.05, 0) is 25.1 Å². The van der Waals surface area contributed by atoms with Gasteiger partial charge in [-0.15, -0.1) is 0 Å². The average Bonchev–Trinajstić information content (AvgIpc) is 2.47. The molecule has 0 aliphatic carbocycles. The summed E-state index contributed by atoms with van der Waals surface area (Å²) in [6.45, 7) is 2.25. The van der Waals surface area contributed by atoms with E-state index in [0.717, 1.165) is 5.56 Å². The Morgan fingerprint density at radius 1 is 1.09 bits per heavy atom. The van der Waals surface area contributed by atoms with Crippen LogP contribution in [0.25, 0.3) is 0 Å². The minimum atomic E-state index is -0.362. The van der Waals surface area contributed by atoms with Crippen LogP contribution in [0.15, 0.2) is 48.5 Å². The Morgan fingerprint density at radius 3 is 2.50 bits per heavy atom. The van der Waals surface area contributed by atoms with Gasteiger partial charge in [-0.3, -0.25) is 4.79 Å². The molecule has 0 saturated carbocycles. The Morgan fingerprint density at radius 2 is 1.82 bits per heavy atom. The van der Waals surface area contributed by atoms with Gasteiger partial charge >= 0.3 is 6.03 Å². The molecule has 0 aliphatic heterocycles. The molecule has 0 atom stereocenters. The molecule has 114 valence electrons. The molecule has 0 bridgehead atoms. The van der Waals surface area contributed by atoms with E-state index in [1.165, 1.54) is 0 Å². The van der Waals surface area contributed by atoms with E-state index in [1.54, 1.807) is 36.4 Å². The van der Waals surface area contributed by atoms with Gasteiger partial charge in [-0.25, -0.2) is 4.79 Å². The Bertz CT molecular complexity index is 669. The Labute approximate surface area is 134 Å². The molecule has 0 unspecified atom stereocenters. The number of carbonyl (C=O) groups is 2. The summed E-state index contributed by atoms with van der Waals surface area (Å²) in [5.41, 5.74) is 2.37. The zero-order valence-electron chi connectivity index (χ0n) is 12.2. The molecule has 2 aromatic rings. The zero-order valence-corrected chi connectivity index (χ0v) is 13.0. The van der Waals surface area contributed by atoms with Gasteiger partial charge in [-0.2, -0.15) is 0 Å². The van der Waals surface area contributed by atoms with E-state index in [-0.39, 0.29) is 24.8 Å². The first-order valence-electron chi connectivity index (χ1n) is 6.95. The predicted molar refractivity (Wildman–Crippen MR) is 88.6 cm³/mol. The van der Waals surface area contributed by atoms with Crippen LogP contribution in [-0.4, -0.2) is 18.4 Å². The summed E-state index contributed by atoms with van der Waals surface area (Å²) in [5.74, 6) is 0.00283. The summed E-state index contributed by atoms with van der Waals surface area (Å²) >= 11 is 5.84. The average molecular weight is 317 g/mol. The van der Waals surface area contributed by atoms with Crippen molar-refractivity contribution in [3.63, 3.8) is 0 Å². The van der Waals surface area contributed by atoms with Crippen molar-refractivity contribution in [3.05, 3.63) is 64.7 Å². The third-order valence-electron chi connectivity index (χ3n) is 3.09. The minimum absolute atomic E-state index is 0.00283. The molecular formula is C17H17ClN2O2. The minimum Gasteiger partial charge on any atom is -0.337 e. The van der Waals surface area contributed by atoms with E-state index in [4.69, 9.17) is 11.6 Å². The second-order valence-electron chi connectivity index (χ2n) is 4.93. The maximum atomic E-state index is 12.0. The molecule has 2 aromatic carbocycles. The number of hydrogen-bond donors (Lipinski definition) is 2. The van der Waals surface area contributed by atoms with E-state index in [2.05, 4.69) is 10.6 Å². The molecule has 4 nitrogen and oxygen atoms in total. The van der Waals surface area contributed by atoms with Gasteiger partial charge in [0.25, 0.3) is 0 Å². The second-order valence-corrected chi connectivity index (χ2v) is 5.37. The van der Waals surface area contributed by atoms with Gasteiger partial charge in [0.1, 0.15) is 0 Å². The lowest BCUT2D eigenvalue weighted by Crippen LogP contribution is -2.30. The summed E-state index contributed by atoms with van der Waals surface area (Å²) in [6.07, 6.45) is 0.256. The number of nitrogens with one attached hydrogen (secondary N) is 2. The maximum Gasteiger partial charge on any atom is 0.319 e. The molecule has 2 N–H and O–H groups in total. The fourth-order valence-electron chi connectivity index (χ4n) is 1.91. The first-order valence-corrected chi connectivity index (χ1v) is 7.33. The number of benzene rings is 2. The monoisotopic (exact) mass is 316 g/mol. The molecular weight excluding hydrogens is 300 g/mol.